The number of ether oxygens (including phenoxy) is 1. The lowest BCUT2D eigenvalue weighted by atomic mass is 10.4. The molecule has 0 fully saturated rings. The van der Waals surface area contributed by atoms with E-state index in [1.165, 1.54) is 0 Å². The molecule has 17 heavy (non-hydrogen) atoms. The highest BCUT2D eigenvalue weighted by Gasteiger charge is 2.05. The van der Waals surface area contributed by atoms with Gasteiger partial charge < -0.3 is 4.74 Å². The van der Waals surface area contributed by atoms with E-state index in [-0.39, 0.29) is 0 Å². The number of hydrogen-bond acceptors (Lipinski definition) is 4. The van der Waals surface area contributed by atoms with Crippen LogP contribution in [0.25, 0.3) is 4.96 Å². The number of thiazole rings is 1. The second-order valence-corrected chi connectivity index (χ2v) is 4.64. The molecule has 3 rings (SSSR count). The maximum absolute atomic E-state index is 5.89. The predicted octanol–water partition coefficient (Wildman–Crippen LogP) is 3.02. The fourth-order valence-corrected chi connectivity index (χ4v) is 2.37. The monoisotopic (exact) mass is 265 g/mol. The maximum atomic E-state index is 5.89. The molecule has 3 aromatic heterocycles. The minimum absolute atomic E-state index is 0.369. The average molecular weight is 266 g/mol. The Morgan fingerprint density at radius 2 is 2.41 bits per heavy atom. The average Bonchev–Trinajstić information content (AvgIpc) is 2.88. The van der Waals surface area contributed by atoms with Crippen molar-refractivity contribution in [2.45, 2.75) is 6.61 Å². The summed E-state index contributed by atoms with van der Waals surface area (Å²) >= 11 is 7.48. The van der Waals surface area contributed by atoms with E-state index >= 15 is 0 Å². The second kappa shape index (κ2) is 4.35. The van der Waals surface area contributed by atoms with Gasteiger partial charge in [-0.2, -0.15) is 0 Å². The van der Waals surface area contributed by atoms with E-state index < -0.39 is 0 Å². The van der Waals surface area contributed by atoms with Crippen LogP contribution in [0.4, 0.5) is 0 Å². The number of hydrogen-bond donors (Lipinski definition) is 0. The van der Waals surface area contributed by atoms with Crippen LogP contribution in [0.3, 0.4) is 0 Å². The summed E-state index contributed by atoms with van der Waals surface area (Å²) in [7, 11) is 0. The zero-order valence-electron chi connectivity index (χ0n) is 8.71. The first kappa shape index (κ1) is 10.6. The molecule has 0 aromatic carbocycles. The molecule has 0 amide bonds. The van der Waals surface area contributed by atoms with Gasteiger partial charge in [0.2, 0.25) is 0 Å². The highest BCUT2D eigenvalue weighted by Crippen LogP contribution is 2.21. The Kier molecular flexibility index (Phi) is 2.70. The van der Waals surface area contributed by atoms with E-state index in [0.717, 1.165) is 10.7 Å². The van der Waals surface area contributed by atoms with Crippen molar-refractivity contribution in [3.05, 3.63) is 47.0 Å². The third kappa shape index (κ3) is 2.11. The first-order chi connectivity index (χ1) is 8.33. The number of aromatic nitrogens is 3. The van der Waals surface area contributed by atoms with Gasteiger partial charge in [-0.3, -0.25) is 4.40 Å². The number of rotatable bonds is 3. The molecule has 86 valence electrons. The standard InChI is InChI=1S/C11H8ClN3OS/c12-10-9(2-1-3-13-10)16-7-8-6-15-4-5-17-11(15)14-8/h1-6H,7H2. The Morgan fingerprint density at radius 1 is 1.47 bits per heavy atom. The Labute approximate surface area is 106 Å². The van der Waals surface area contributed by atoms with Gasteiger partial charge in [0.15, 0.2) is 15.9 Å². The van der Waals surface area contributed by atoms with E-state index in [1.807, 2.05) is 22.2 Å². The summed E-state index contributed by atoms with van der Waals surface area (Å²) in [5.74, 6) is 0.575. The molecule has 0 N–H and O–H groups in total. The summed E-state index contributed by atoms with van der Waals surface area (Å²) in [5.41, 5.74) is 0.872. The van der Waals surface area contributed by atoms with Gasteiger partial charge in [-0.15, -0.1) is 11.3 Å². The molecule has 3 aromatic rings. The van der Waals surface area contributed by atoms with E-state index in [9.17, 15) is 0 Å². The Hall–Kier alpha value is -1.59. The van der Waals surface area contributed by atoms with Crippen molar-refractivity contribution in [2.75, 3.05) is 0 Å². The number of fused-ring (bicyclic) bond motifs is 1. The summed E-state index contributed by atoms with van der Waals surface area (Å²) < 4.78 is 7.52. The predicted molar refractivity (Wildman–Crippen MR) is 66.6 cm³/mol. The third-order valence-corrected chi connectivity index (χ3v) is 3.30. The summed E-state index contributed by atoms with van der Waals surface area (Å²) in [4.78, 5) is 9.31. The molecule has 0 spiro atoms. The molecule has 0 radical (unpaired) electrons. The van der Waals surface area contributed by atoms with Crippen LogP contribution in [0, 0.1) is 0 Å². The molecular weight excluding hydrogens is 258 g/mol. The quantitative estimate of drug-likeness (QED) is 0.684. The van der Waals surface area contributed by atoms with E-state index in [4.69, 9.17) is 16.3 Å². The number of pyridine rings is 1. The third-order valence-electron chi connectivity index (χ3n) is 2.24. The van der Waals surface area contributed by atoms with Gasteiger partial charge in [-0.25, -0.2) is 9.97 Å². The molecule has 0 unspecified atom stereocenters. The molecule has 0 aliphatic heterocycles. The Bertz CT molecular complexity index is 620. The largest absolute Gasteiger partial charge is 0.484 e. The summed E-state index contributed by atoms with van der Waals surface area (Å²) in [6.07, 6.45) is 5.53. The van der Waals surface area contributed by atoms with Crippen LogP contribution in [-0.2, 0) is 6.61 Å². The highest BCUT2D eigenvalue weighted by atomic mass is 35.5. The van der Waals surface area contributed by atoms with Crippen molar-refractivity contribution in [3.8, 4) is 5.75 Å². The van der Waals surface area contributed by atoms with Crippen molar-refractivity contribution >= 4 is 27.9 Å². The summed E-state index contributed by atoms with van der Waals surface area (Å²) in [6.45, 7) is 0.389. The van der Waals surface area contributed by atoms with E-state index in [2.05, 4.69) is 9.97 Å². The Morgan fingerprint density at radius 3 is 3.24 bits per heavy atom. The van der Waals surface area contributed by atoms with Crippen molar-refractivity contribution < 1.29 is 4.74 Å². The number of halogens is 1. The van der Waals surface area contributed by atoms with Crippen LogP contribution in [0.1, 0.15) is 5.69 Å². The normalized spacial score (nSPS) is 10.9. The van der Waals surface area contributed by atoms with E-state index in [0.29, 0.717) is 17.5 Å². The molecule has 4 nitrogen and oxygen atoms in total. The van der Waals surface area contributed by atoms with Crippen molar-refractivity contribution in [2.24, 2.45) is 0 Å². The molecule has 0 aliphatic rings. The summed E-state index contributed by atoms with van der Waals surface area (Å²) in [6, 6.07) is 3.57. The lowest BCUT2D eigenvalue weighted by Gasteiger charge is -2.04. The van der Waals surface area contributed by atoms with Gasteiger partial charge in [-0.05, 0) is 12.1 Å². The first-order valence-corrected chi connectivity index (χ1v) is 6.23. The van der Waals surface area contributed by atoms with Gasteiger partial charge >= 0.3 is 0 Å². The minimum Gasteiger partial charge on any atom is -0.484 e. The molecule has 0 bridgehead atoms. The molecule has 0 atom stereocenters. The van der Waals surface area contributed by atoms with Crippen LogP contribution in [0.5, 0.6) is 5.75 Å². The second-order valence-electron chi connectivity index (χ2n) is 3.41. The molecule has 6 heteroatoms. The van der Waals surface area contributed by atoms with Crippen molar-refractivity contribution in [3.63, 3.8) is 0 Å². The molecule has 0 aliphatic carbocycles. The smallest absolute Gasteiger partial charge is 0.193 e. The fourth-order valence-electron chi connectivity index (χ4n) is 1.48. The zero-order chi connectivity index (χ0) is 11.7. The topological polar surface area (TPSA) is 39.4 Å². The summed E-state index contributed by atoms with van der Waals surface area (Å²) in [5, 5.41) is 2.36. The molecule has 0 saturated heterocycles. The lowest BCUT2D eigenvalue weighted by Crippen LogP contribution is -1.96. The lowest BCUT2D eigenvalue weighted by molar-refractivity contribution is 0.301. The maximum Gasteiger partial charge on any atom is 0.193 e. The van der Waals surface area contributed by atoms with E-state index in [1.54, 1.807) is 29.7 Å². The van der Waals surface area contributed by atoms with Crippen LogP contribution in [0.2, 0.25) is 5.15 Å². The zero-order valence-corrected chi connectivity index (χ0v) is 10.3. The Balaban J connectivity index is 1.76. The van der Waals surface area contributed by atoms with Gasteiger partial charge in [0.1, 0.15) is 6.61 Å². The first-order valence-electron chi connectivity index (χ1n) is 4.97. The van der Waals surface area contributed by atoms with Crippen LogP contribution < -0.4 is 4.74 Å². The minimum atomic E-state index is 0.369. The van der Waals surface area contributed by atoms with Crippen molar-refractivity contribution in [1.29, 1.82) is 0 Å². The SMILES string of the molecule is Clc1ncccc1OCc1cn2ccsc2n1. The van der Waals surface area contributed by atoms with Gasteiger partial charge in [-0.1, -0.05) is 11.6 Å². The fraction of sp³-hybridized carbons (Fsp3) is 0.0909. The van der Waals surface area contributed by atoms with Gasteiger partial charge in [0.05, 0.1) is 5.69 Å². The van der Waals surface area contributed by atoms with Gasteiger partial charge in [0.25, 0.3) is 0 Å². The molecule has 0 saturated carbocycles. The van der Waals surface area contributed by atoms with Crippen molar-refractivity contribution in [1.82, 2.24) is 14.4 Å². The molecular formula is C11H8ClN3OS. The number of imidazole rings is 1. The number of nitrogens with zero attached hydrogens (tertiary/aromatic N) is 3. The molecule has 3 heterocycles. The van der Waals surface area contributed by atoms with Crippen LogP contribution in [0.15, 0.2) is 36.1 Å². The highest BCUT2D eigenvalue weighted by molar-refractivity contribution is 7.15. The van der Waals surface area contributed by atoms with Crippen LogP contribution in [-0.4, -0.2) is 14.4 Å². The van der Waals surface area contributed by atoms with Crippen LogP contribution >= 0.6 is 22.9 Å². The van der Waals surface area contributed by atoms with Gasteiger partial charge in [0, 0.05) is 24.0 Å².